The SMILES string of the molecule is CCC(NC(=O)c1ccc(COc2cccc(Cl)c2Cl)o1)C12CC3CC(CC(C3)C1)C2. The second kappa shape index (κ2) is 8.37. The lowest BCUT2D eigenvalue weighted by molar-refractivity contribution is -0.0728. The number of amides is 1. The van der Waals surface area contributed by atoms with E-state index in [2.05, 4.69) is 12.2 Å². The van der Waals surface area contributed by atoms with Gasteiger partial charge in [-0.05, 0) is 92.4 Å². The molecule has 1 unspecified atom stereocenters. The van der Waals surface area contributed by atoms with Crippen LogP contribution in [0.15, 0.2) is 34.7 Å². The summed E-state index contributed by atoms with van der Waals surface area (Å²) in [4.78, 5) is 13.0. The number of rotatable bonds is 7. The van der Waals surface area contributed by atoms with Crippen molar-refractivity contribution in [2.75, 3.05) is 0 Å². The van der Waals surface area contributed by atoms with Crippen molar-refractivity contribution in [1.82, 2.24) is 5.32 Å². The van der Waals surface area contributed by atoms with E-state index in [4.69, 9.17) is 32.4 Å². The summed E-state index contributed by atoms with van der Waals surface area (Å²) in [6, 6.07) is 8.95. The average Bonchev–Trinajstić information content (AvgIpc) is 3.21. The summed E-state index contributed by atoms with van der Waals surface area (Å²) in [6.45, 7) is 2.37. The van der Waals surface area contributed by atoms with E-state index >= 15 is 0 Å². The van der Waals surface area contributed by atoms with Crippen LogP contribution in [0.1, 0.15) is 68.2 Å². The van der Waals surface area contributed by atoms with Gasteiger partial charge in [0.1, 0.15) is 23.1 Å². The molecule has 31 heavy (non-hydrogen) atoms. The Hall–Kier alpha value is -1.65. The van der Waals surface area contributed by atoms with Crippen molar-refractivity contribution in [3.05, 3.63) is 51.9 Å². The Morgan fingerprint density at radius 2 is 1.81 bits per heavy atom. The lowest BCUT2D eigenvalue weighted by Crippen LogP contribution is -2.56. The molecule has 0 radical (unpaired) electrons. The van der Waals surface area contributed by atoms with Gasteiger partial charge in [-0.15, -0.1) is 0 Å². The molecule has 6 heteroatoms. The zero-order valence-electron chi connectivity index (χ0n) is 17.8. The van der Waals surface area contributed by atoms with E-state index in [0.29, 0.717) is 27.3 Å². The molecule has 6 rings (SSSR count). The first-order valence-electron chi connectivity index (χ1n) is 11.4. The highest BCUT2D eigenvalue weighted by Crippen LogP contribution is 2.61. The summed E-state index contributed by atoms with van der Waals surface area (Å²) in [5.74, 6) is 3.86. The smallest absolute Gasteiger partial charge is 0.287 e. The fraction of sp³-hybridized carbons (Fsp3) is 0.560. The van der Waals surface area contributed by atoms with E-state index in [0.717, 1.165) is 24.2 Å². The highest BCUT2D eigenvalue weighted by molar-refractivity contribution is 6.42. The summed E-state index contributed by atoms with van der Waals surface area (Å²) in [7, 11) is 0. The summed E-state index contributed by atoms with van der Waals surface area (Å²) >= 11 is 12.2. The first-order valence-corrected chi connectivity index (χ1v) is 12.2. The van der Waals surface area contributed by atoms with Gasteiger partial charge >= 0.3 is 0 Å². The second-order valence-electron chi connectivity index (χ2n) is 9.82. The van der Waals surface area contributed by atoms with Gasteiger partial charge in [0, 0.05) is 6.04 Å². The van der Waals surface area contributed by atoms with Crippen LogP contribution in [0.4, 0.5) is 0 Å². The van der Waals surface area contributed by atoms with Gasteiger partial charge in [-0.2, -0.15) is 0 Å². The third-order valence-electron chi connectivity index (χ3n) is 7.71. The molecule has 4 fully saturated rings. The molecular weight excluding hydrogens is 433 g/mol. The lowest BCUT2D eigenvalue weighted by Gasteiger charge is -2.59. The minimum atomic E-state index is -0.130. The second-order valence-corrected chi connectivity index (χ2v) is 10.6. The summed E-state index contributed by atoms with van der Waals surface area (Å²) in [6.07, 6.45) is 8.99. The van der Waals surface area contributed by atoms with E-state index in [1.807, 2.05) is 0 Å². The van der Waals surface area contributed by atoms with Crippen LogP contribution < -0.4 is 10.1 Å². The molecule has 0 saturated heterocycles. The topological polar surface area (TPSA) is 51.5 Å². The first-order chi connectivity index (χ1) is 15.0. The van der Waals surface area contributed by atoms with Gasteiger partial charge in [0.05, 0.1) is 5.02 Å². The molecule has 4 aliphatic rings. The first kappa shape index (κ1) is 21.2. The van der Waals surface area contributed by atoms with Gasteiger partial charge in [-0.25, -0.2) is 0 Å². The monoisotopic (exact) mass is 461 g/mol. The number of ether oxygens (including phenoxy) is 1. The van der Waals surface area contributed by atoms with Crippen molar-refractivity contribution in [2.45, 2.75) is 64.5 Å². The van der Waals surface area contributed by atoms with Gasteiger partial charge in [-0.1, -0.05) is 36.2 Å². The van der Waals surface area contributed by atoms with Crippen LogP contribution in [0.25, 0.3) is 0 Å². The standard InChI is InChI=1S/C25H29Cl2NO3/c1-2-22(25-11-15-8-16(12-25)10-17(9-15)13-25)28-24(29)21-7-6-18(31-21)14-30-20-5-3-4-19(26)23(20)27/h3-7,15-17,22H,2,8-14H2,1H3,(H,28,29). The molecule has 1 amide bonds. The normalized spacial score (nSPS) is 29.7. The van der Waals surface area contributed by atoms with E-state index in [9.17, 15) is 4.79 Å². The Morgan fingerprint density at radius 3 is 2.45 bits per heavy atom. The number of hydrogen-bond acceptors (Lipinski definition) is 3. The van der Waals surface area contributed by atoms with Crippen LogP contribution in [-0.2, 0) is 6.61 Å². The van der Waals surface area contributed by atoms with E-state index in [1.54, 1.807) is 30.3 Å². The molecule has 0 spiro atoms. The Balaban J connectivity index is 1.23. The molecule has 4 nitrogen and oxygen atoms in total. The fourth-order valence-electron chi connectivity index (χ4n) is 6.84. The minimum absolute atomic E-state index is 0.130. The maximum Gasteiger partial charge on any atom is 0.287 e. The molecule has 166 valence electrons. The van der Waals surface area contributed by atoms with E-state index in [1.165, 1.54) is 38.5 Å². The average molecular weight is 462 g/mol. The number of halogens is 2. The van der Waals surface area contributed by atoms with Crippen LogP contribution in [-0.4, -0.2) is 11.9 Å². The predicted octanol–water partition coefficient (Wildman–Crippen LogP) is 6.89. The number of nitrogens with one attached hydrogen (secondary N) is 1. The van der Waals surface area contributed by atoms with Gasteiger partial charge in [0.15, 0.2) is 5.76 Å². The Morgan fingerprint density at radius 1 is 1.13 bits per heavy atom. The molecule has 1 N–H and O–H groups in total. The summed E-state index contributed by atoms with van der Waals surface area (Å²) in [5.41, 5.74) is 0.279. The summed E-state index contributed by atoms with van der Waals surface area (Å²) < 4.78 is 11.5. The quantitative estimate of drug-likeness (QED) is 0.488. The van der Waals surface area contributed by atoms with Crippen molar-refractivity contribution in [2.24, 2.45) is 23.2 Å². The van der Waals surface area contributed by atoms with E-state index in [-0.39, 0.29) is 24.0 Å². The van der Waals surface area contributed by atoms with Gasteiger partial charge in [0.2, 0.25) is 0 Å². The molecule has 4 saturated carbocycles. The van der Waals surface area contributed by atoms with Crippen molar-refractivity contribution >= 4 is 29.1 Å². The Bertz CT molecular complexity index is 934. The number of benzene rings is 1. The van der Waals surface area contributed by atoms with Crippen LogP contribution in [0, 0.1) is 23.2 Å². The number of hydrogen-bond donors (Lipinski definition) is 1. The van der Waals surface area contributed by atoms with Gasteiger partial charge in [0.25, 0.3) is 5.91 Å². The highest BCUT2D eigenvalue weighted by atomic mass is 35.5. The van der Waals surface area contributed by atoms with Crippen molar-refractivity contribution < 1.29 is 13.9 Å². The third-order valence-corrected chi connectivity index (χ3v) is 8.51. The number of furan rings is 1. The van der Waals surface area contributed by atoms with Crippen LogP contribution in [0.5, 0.6) is 5.75 Å². The fourth-order valence-corrected chi connectivity index (χ4v) is 7.19. The Labute approximate surface area is 193 Å². The molecule has 4 bridgehead atoms. The minimum Gasteiger partial charge on any atom is -0.484 e. The largest absolute Gasteiger partial charge is 0.484 e. The lowest BCUT2D eigenvalue weighted by atomic mass is 9.47. The number of carbonyl (C=O) groups excluding carboxylic acids is 1. The highest BCUT2D eigenvalue weighted by Gasteiger charge is 2.54. The molecule has 1 aromatic carbocycles. The van der Waals surface area contributed by atoms with Crippen LogP contribution >= 0.6 is 23.2 Å². The molecule has 1 atom stereocenters. The molecule has 1 aromatic heterocycles. The number of carbonyl (C=O) groups is 1. The maximum absolute atomic E-state index is 13.0. The van der Waals surface area contributed by atoms with Gasteiger partial charge in [-0.3, -0.25) is 4.79 Å². The third kappa shape index (κ3) is 4.09. The zero-order valence-corrected chi connectivity index (χ0v) is 19.3. The molecule has 0 aliphatic heterocycles. The van der Waals surface area contributed by atoms with E-state index < -0.39 is 0 Å². The van der Waals surface area contributed by atoms with Crippen LogP contribution in [0.3, 0.4) is 0 Å². The summed E-state index contributed by atoms with van der Waals surface area (Å²) in [5, 5.41) is 4.14. The zero-order chi connectivity index (χ0) is 21.6. The van der Waals surface area contributed by atoms with Crippen molar-refractivity contribution in [1.29, 1.82) is 0 Å². The maximum atomic E-state index is 13.0. The Kier molecular flexibility index (Phi) is 5.72. The van der Waals surface area contributed by atoms with Crippen LogP contribution in [0.2, 0.25) is 10.0 Å². The molecule has 1 heterocycles. The molecule has 4 aliphatic carbocycles. The van der Waals surface area contributed by atoms with Crippen molar-refractivity contribution in [3.63, 3.8) is 0 Å². The molecule has 2 aromatic rings. The predicted molar refractivity (Wildman–Crippen MR) is 122 cm³/mol. The van der Waals surface area contributed by atoms with Gasteiger partial charge < -0.3 is 14.5 Å². The molecular formula is C25H29Cl2NO3. The van der Waals surface area contributed by atoms with Crippen molar-refractivity contribution in [3.8, 4) is 5.75 Å².